The number of amides is 1. The van der Waals surface area contributed by atoms with E-state index in [9.17, 15) is 9.59 Å². The molecule has 3 N–H and O–H groups in total. The summed E-state index contributed by atoms with van der Waals surface area (Å²) in [6.45, 7) is 0.899. The van der Waals surface area contributed by atoms with Crippen LogP contribution in [0.3, 0.4) is 0 Å². The molecule has 0 saturated carbocycles. The molecule has 1 heterocycles. The Morgan fingerprint density at radius 2 is 2.38 bits per heavy atom. The molecule has 1 aromatic rings. The maximum absolute atomic E-state index is 11.5. The van der Waals surface area contributed by atoms with Crippen LogP contribution in [0.5, 0.6) is 0 Å². The highest BCUT2D eigenvalue weighted by molar-refractivity contribution is 5.93. The normalized spacial score (nSPS) is 9.88. The highest BCUT2D eigenvalue weighted by Gasteiger charge is 2.10. The van der Waals surface area contributed by atoms with E-state index < -0.39 is 11.9 Å². The molecule has 0 aliphatic rings. The minimum absolute atomic E-state index is 0.168. The van der Waals surface area contributed by atoms with Gasteiger partial charge in [-0.2, -0.15) is 0 Å². The van der Waals surface area contributed by atoms with E-state index >= 15 is 0 Å². The fraction of sp³-hybridized carbons (Fsp3) is 0.444. The minimum Gasteiger partial charge on any atom is -0.468 e. The van der Waals surface area contributed by atoms with Gasteiger partial charge in [0.25, 0.3) is 5.91 Å². The largest absolute Gasteiger partial charge is 0.468 e. The first-order chi connectivity index (χ1) is 7.67. The van der Waals surface area contributed by atoms with Crippen molar-refractivity contribution < 1.29 is 14.3 Å². The van der Waals surface area contributed by atoms with Gasteiger partial charge in [0.2, 0.25) is 0 Å². The van der Waals surface area contributed by atoms with Gasteiger partial charge in [0.1, 0.15) is 12.2 Å². The lowest BCUT2D eigenvalue weighted by Gasteiger charge is -2.00. The fourth-order valence-corrected chi connectivity index (χ4v) is 1.06. The summed E-state index contributed by atoms with van der Waals surface area (Å²) in [6, 6.07) is 0. The van der Waals surface area contributed by atoms with E-state index in [1.807, 2.05) is 0 Å². The maximum Gasteiger partial charge on any atom is 0.325 e. The standard InChI is InChI=1S/C9H14N4O3/c1-16-8(14)4-11-9(15)7-5-13(3-2-10)6-12-7/h5-6H,2-4,10H2,1H3,(H,11,15). The predicted octanol–water partition coefficient (Wildman–Crippen LogP) is -1.26. The second-order valence-electron chi connectivity index (χ2n) is 3.04. The van der Waals surface area contributed by atoms with Crippen molar-refractivity contribution >= 4 is 11.9 Å². The highest BCUT2D eigenvalue weighted by Crippen LogP contribution is 1.95. The third kappa shape index (κ3) is 3.35. The van der Waals surface area contributed by atoms with Crippen molar-refractivity contribution in [3.63, 3.8) is 0 Å². The molecule has 0 aliphatic heterocycles. The van der Waals surface area contributed by atoms with Gasteiger partial charge in [-0.25, -0.2) is 4.98 Å². The molecule has 0 aliphatic carbocycles. The van der Waals surface area contributed by atoms with Gasteiger partial charge in [0.15, 0.2) is 0 Å². The molecule has 1 rings (SSSR count). The number of hydrogen-bond donors (Lipinski definition) is 2. The number of aromatic nitrogens is 2. The van der Waals surface area contributed by atoms with Crippen molar-refractivity contribution in [2.75, 3.05) is 20.2 Å². The van der Waals surface area contributed by atoms with Crippen LogP contribution >= 0.6 is 0 Å². The number of esters is 1. The minimum atomic E-state index is -0.505. The summed E-state index contributed by atoms with van der Waals surface area (Å²) in [4.78, 5) is 26.1. The third-order valence-electron chi connectivity index (χ3n) is 1.87. The number of ether oxygens (including phenoxy) is 1. The Hall–Kier alpha value is -1.89. The van der Waals surface area contributed by atoms with E-state index in [1.54, 1.807) is 10.8 Å². The van der Waals surface area contributed by atoms with Crippen molar-refractivity contribution in [3.05, 3.63) is 18.2 Å². The first-order valence-corrected chi connectivity index (χ1v) is 4.74. The Bertz CT molecular complexity index is 375. The summed E-state index contributed by atoms with van der Waals surface area (Å²) in [5.41, 5.74) is 5.60. The van der Waals surface area contributed by atoms with E-state index in [0.717, 1.165) is 0 Å². The number of nitrogens with one attached hydrogen (secondary N) is 1. The Kier molecular flexibility index (Phi) is 4.46. The van der Waals surface area contributed by atoms with Crippen LogP contribution < -0.4 is 11.1 Å². The van der Waals surface area contributed by atoms with Gasteiger partial charge in [-0.1, -0.05) is 0 Å². The predicted molar refractivity (Wildman–Crippen MR) is 55.6 cm³/mol. The Labute approximate surface area is 92.6 Å². The van der Waals surface area contributed by atoms with Crippen LogP contribution in [0.4, 0.5) is 0 Å². The van der Waals surface area contributed by atoms with E-state index in [1.165, 1.54) is 13.4 Å². The Balaban J connectivity index is 2.49. The van der Waals surface area contributed by atoms with Crippen LogP contribution in [-0.4, -0.2) is 41.6 Å². The molecule has 0 atom stereocenters. The van der Waals surface area contributed by atoms with Crippen molar-refractivity contribution in [2.24, 2.45) is 5.73 Å². The van der Waals surface area contributed by atoms with Crippen molar-refractivity contribution in [1.82, 2.24) is 14.9 Å². The zero-order valence-electron chi connectivity index (χ0n) is 8.97. The molecule has 0 fully saturated rings. The Morgan fingerprint density at radius 3 is 3.00 bits per heavy atom. The molecule has 88 valence electrons. The maximum atomic E-state index is 11.5. The molecule has 0 saturated heterocycles. The molecule has 0 spiro atoms. The SMILES string of the molecule is COC(=O)CNC(=O)c1cn(CCN)cn1. The van der Waals surface area contributed by atoms with Gasteiger partial charge >= 0.3 is 5.97 Å². The molecular formula is C9H14N4O3. The van der Waals surface area contributed by atoms with Gasteiger partial charge < -0.3 is 20.4 Å². The number of imidazole rings is 1. The third-order valence-corrected chi connectivity index (χ3v) is 1.87. The van der Waals surface area contributed by atoms with E-state index in [-0.39, 0.29) is 12.2 Å². The van der Waals surface area contributed by atoms with Crippen LogP contribution in [0.15, 0.2) is 12.5 Å². The summed E-state index contributed by atoms with van der Waals surface area (Å²) in [5.74, 6) is -0.920. The monoisotopic (exact) mass is 226 g/mol. The smallest absolute Gasteiger partial charge is 0.325 e. The van der Waals surface area contributed by atoms with Crippen LogP contribution in [0.2, 0.25) is 0 Å². The molecule has 1 amide bonds. The number of nitrogens with two attached hydrogens (primary N) is 1. The highest BCUT2D eigenvalue weighted by atomic mass is 16.5. The second-order valence-corrected chi connectivity index (χ2v) is 3.04. The number of hydrogen-bond acceptors (Lipinski definition) is 5. The lowest BCUT2D eigenvalue weighted by molar-refractivity contribution is -0.139. The van der Waals surface area contributed by atoms with Crippen LogP contribution in [0.1, 0.15) is 10.5 Å². The first-order valence-electron chi connectivity index (χ1n) is 4.74. The Morgan fingerprint density at radius 1 is 1.62 bits per heavy atom. The van der Waals surface area contributed by atoms with Gasteiger partial charge in [-0.15, -0.1) is 0 Å². The summed E-state index contributed by atoms with van der Waals surface area (Å²) >= 11 is 0. The first kappa shape index (κ1) is 12.2. The lowest BCUT2D eigenvalue weighted by Crippen LogP contribution is -2.30. The molecular weight excluding hydrogens is 212 g/mol. The average Bonchev–Trinajstić information content (AvgIpc) is 2.74. The van der Waals surface area contributed by atoms with Crippen LogP contribution in [0, 0.1) is 0 Å². The lowest BCUT2D eigenvalue weighted by atomic mass is 10.4. The van der Waals surface area contributed by atoms with Gasteiger partial charge in [-0.3, -0.25) is 9.59 Å². The molecule has 7 heteroatoms. The topological polar surface area (TPSA) is 99.2 Å². The number of methoxy groups -OCH3 is 1. The fourth-order valence-electron chi connectivity index (χ4n) is 1.06. The number of carbonyl (C=O) groups excluding carboxylic acids is 2. The van der Waals surface area contributed by atoms with Gasteiger partial charge in [0, 0.05) is 19.3 Å². The molecule has 1 aromatic heterocycles. The van der Waals surface area contributed by atoms with Crippen molar-refractivity contribution in [1.29, 1.82) is 0 Å². The summed E-state index contributed by atoms with van der Waals surface area (Å²) < 4.78 is 6.09. The zero-order chi connectivity index (χ0) is 12.0. The van der Waals surface area contributed by atoms with Gasteiger partial charge in [0.05, 0.1) is 13.4 Å². The number of rotatable bonds is 5. The molecule has 0 radical (unpaired) electrons. The number of nitrogens with zero attached hydrogens (tertiary/aromatic N) is 2. The molecule has 0 aromatic carbocycles. The zero-order valence-corrected chi connectivity index (χ0v) is 8.97. The van der Waals surface area contributed by atoms with Crippen molar-refractivity contribution in [3.8, 4) is 0 Å². The van der Waals surface area contributed by atoms with Gasteiger partial charge in [-0.05, 0) is 0 Å². The van der Waals surface area contributed by atoms with Crippen LogP contribution in [-0.2, 0) is 16.1 Å². The van der Waals surface area contributed by atoms with E-state index in [4.69, 9.17) is 5.73 Å². The molecule has 0 unspecified atom stereocenters. The molecule has 0 bridgehead atoms. The van der Waals surface area contributed by atoms with Crippen molar-refractivity contribution in [2.45, 2.75) is 6.54 Å². The molecule has 16 heavy (non-hydrogen) atoms. The summed E-state index contributed by atoms with van der Waals surface area (Å²) in [7, 11) is 1.25. The summed E-state index contributed by atoms with van der Waals surface area (Å²) in [5, 5.41) is 2.38. The average molecular weight is 226 g/mol. The number of carbonyl (C=O) groups is 2. The van der Waals surface area contributed by atoms with Crippen LogP contribution in [0.25, 0.3) is 0 Å². The van der Waals surface area contributed by atoms with E-state index in [0.29, 0.717) is 13.1 Å². The van der Waals surface area contributed by atoms with E-state index in [2.05, 4.69) is 15.0 Å². The summed E-state index contributed by atoms with van der Waals surface area (Å²) in [6.07, 6.45) is 3.08. The second kappa shape index (κ2) is 5.86. The molecule has 7 nitrogen and oxygen atoms in total. The quantitative estimate of drug-likeness (QED) is 0.611.